The van der Waals surface area contributed by atoms with Crippen molar-refractivity contribution in [3.8, 4) is 0 Å². The summed E-state index contributed by atoms with van der Waals surface area (Å²) in [6, 6.07) is 0. The maximum Gasteiger partial charge on any atom is 0.384 e. The van der Waals surface area contributed by atoms with Crippen molar-refractivity contribution in [3.63, 3.8) is 0 Å². The van der Waals surface area contributed by atoms with Crippen LogP contribution in [0.2, 0.25) is 0 Å². The van der Waals surface area contributed by atoms with Crippen molar-refractivity contribution in [1.82, 2.24) is 15.0 Å². The standard InChI is InChI=1S/C12H23N3O7P2/c1-6-19-23(17,20-7-2)11-12(14-15(13-11)10(5)16)24(18,21-8-3)22-9-4/h6-9H2,1-5H3. The molecule has 0 fully saturated rings. The smallest absolute Gasteiger partial charge is 0.304 e. The van der Waals surface area contributed by atoms with Gasteiger partial charge in [0, 0.05) is 6.92 Å². The van der Waals surface area contributed by atoms with E-state index in [-0.39, 0.29) is 37.3 Å². The number of aromatic nitrogens is 3. The highest BCUT2D eigenvalue weighted by Gasteiger charge is 2.44. The molecule has 0 saturated heterocycles. The Morgan fingerprint density at radius 3 is 1.33 bits per heavy atom. The molecule has 0 N–H and O–H groups in total. The molecule has 1 aromatic heterocycles. The van der Waals surface area contributed by atoms with E-state index in [2.05, 4.69) is 10.2 Å². The van der Waals surface area contributed by atoms with E-state index < -0.39 is 21.1 Å². The van der Waals surface area contributed by atoms with E-state index in [1.54, 1.807) is 27.7 Å². The second-order valence-corrected chi connectivity index (χ2v) is 8.19. The fourth-order valence-corrected chi connectivity index (χ4v) is 5.49. The predicted molar refractivity (Wildman–Crippen MR) is 87.3 cm³/mol. The number of nitrogens with zero attached hydrogens (tertiary/aromatic N) is 3. The molecule has 0 spiro atoms. The molecule has 0 radical (unpaired) electrons. The van der Waals surface area contributed by atoms with Crippen LogP contribution < -0.4 is 10.9 Å². The summed E-state index contributed by atoms with van der Waals surface area (Å²) >= 11 is 0. The number of carbonyl (C=O) groups excluding carboxylic acids is 1. The van der Waals surface area contributed by atoms with Crippen molar-refractivity contribution in [1.29, 1.82) is 0 Å². The average molecular weight is 383 g/mol. The van der Waals surface area contributed by atoms with Gasteiger partial charge in [-0.3, -0.25) is 13.9 Å². The van der Waals surface area contributed by atoms with Crippen LogP contribution in [0, 0.1) is 0 Å². The first-order valence-electron chi connectivity index (χ1n) is 7.55. The maximum absolute atomic E-state index is 13.0. The van der Waals surface area contributed by atoms with Crippen molar-refractivity contribution in [2.45, 2.75) is 34.6 Å². The van der Waals surface area contributed by atoms with Crippen LogP contribution in [0.3, 0.4) is 0 Å². The van der Waals surface area contributed by atoms with Gasteiger partial charge in [-0.2, -0.15) is 0 Å². The highest BCUT2D eigenvalue weighted by molar-refractivity contribution is 7.68. The second-order valence-electron chi connectivity index (χ2n) is 4.32. The lowest BCUT2D eigenvalue weighted by atomic mass is 10.8. The summed E-state index contributed by atoms with van der Waals surface area (Å²) in [6.07, 6.45) is 0. The first-order valence-corrected chi connectivity index (χ1v) is 10.6. The molecule has 24 heavy (non-hydrogen) atoms. The Hall–Kier alpha value is -0.890. The molecule has 0 aliphatic rings. The summed E-state index contributed by atoms with van der Waals surface area (Å²) in [5, 5.41) is 7.72. The summed E-state index contributed by atoms with van der Waals surface area (Å²) in [4.78, 5) is 12.3. The Labute approximate surface area is 140 Å². The van der Waals surface area contributed by atoms with Gasteiger partial charge in [0.15, 0.2) is 0 Å². The first-order chi connectivity index (χ1) is 11.3. The lowest BCUT2D eigenvalue weighted by Gasteiger charge is -2.19. The predicted octanol–water partition coefficient (Wildman–Crippen LogP) is 1.72. The van der Waals surface area contributed by atoms with Gasteiger partial charge in [0.2, 0.25) is 10.9 Å². The van der Waals surface area contributed by atoms with Gasteiger partial charge in [0.25, 0.3) is 5.91 Å². The van der Waals surface area contributed by atoms with Gasteiger partial charge >= 0.3 is 15.2 Å². The zero-order valence-electron chi connectivity index (χ0n) is 14.4. The van der Waals surface area contributed by atoms with Crippen LogP contribution in [0.15, 0.2) is 0 Å². The summed E-state index contributed by atoms with van der Waals surface area (Å²) < 4.78 is 46.9. The normalized spacial score (nSPS) is 12.5. The molecule has 1 rings (SSSR count). The van der Waals surface area contributed by atoms with E-state index in [1.807, 2.05) is 0 Å². The van der Waals surface area contributed by atoms with Crippen molar-refractivity contribution in [2.24, 2.45) is 0 Å². The third-order valence-corrected chi connectivity index (χ3v) is 6.78. The van der Waals surface area contributed by atoms with Gasteiger partial charge in [-0.05, 0) is 27.7 Å². The number of carbonyl (C=O) groups is 1. The topological polar surface area (TPSA) is 119 Å². The van der Waals surface area contributed by atoms with Crippen LogP contribution in [0.25, 0.3) is 0 Å². The second kappa shape index (κ2) is 8.99. The van der Waals surface area contributed by atoms with Crippen LogP contribution >= 0.6 is 15.2 Å². The fraction of sp³-hybridized carbons (Fsp3) is 0.750. The van der Waals surface area contributed by atoms with Gasteiger partial charge < -0.3 is 18.1 Å². The molecule has 10 nitrogen and oxygen atoms in total. The molecule has 0 unspecified atom stereocenters. The molecule has 0 aliphatic carbocycles. The minimum absolute atomic E-state index is 0.0528. The molecule has 0 amide bonds. The Morgan fingerprint density at radius 2 is 1.12 bits per heavy atom. The van der Waals surface area contributed by atoms with Crippen molar-refractivity contribution in [2.75, 3.05) is 26.4 Å². The number of hydrogen-bond acceptors (Lipinski definition) is 9. The molecular weight excluding hydrogens is 360 g/mol. The van der Waals surface area contributed by atoms with Crippen molar-refractivity contribution in [3.05, 3.63) is 0 Å². The van der Waals surface area contributed by atoms with Crippen molar-refractivity contribution < 1.29 is 32.0 Å². The van der Waals surface area contributed by atoms with Gasteiger partial charge in [0.1, 0.15) is 0 Å². The van der Waals surface area contributed by atoms with Gasteiger partial charge in [-0.1, -0.05) is 0 Å². The van der Waals surface area contributed by atoms with Crippen LogP contribution in [-0.4, -0.2) is 47.3 Å². The van der Waals surface area contributed by atoms with Crippen LogP contribution in [0.5, 0.6) is 0 Å². The van der Waals surface area contributed by atoms with Crippen LogP contribution in [0.1, 0.15) is 39.4 Å². The van der Waals surface area contributed by atoms with E-state index in [1.165, 1.54) is 6.92 Å². The van der Waals surface area contributed by atoms with E-state index >= 15 is 0 Å². The highest BCUT2D eigenvalue weighted by atomic mass is 31.2. The Morgan fingerprint density at radius 1 is 0.833 bits per heavy atom. The minimum Gasteiger partial charge on any atom is -0.304 e. The Bertz CT molecular complexity index is 594. The molecule has 1 aromatic rings. The first kappa shape index (κ1) is 21.2. The quantitative estimate of drug-likeness (QED) is 0.556. The Kier molecular flexibility index (Phi) is 7.92. The molecule has 0 saturated carbocycles. The zero-order chi connectivity index (χ0) is 18.4. The van der Waals surface area contributed by atoms with Crippen LogP contribution in [-0.2, 0) is 27.2 Å². The third kappa shape index (κ3) is 4.59. The molecule has 0 aliphatic heterocycles. The van der Waals surface area contributed by atoms with E-state index in [4.69, 9.17) is 18.1 Å². The summed E-state index contributed by atoms with van der Waals surface area (Å²) in [6.45, 7) is 7.88. The molecule has 0 atom stereocenters. The lowest BCUT2D eigenvalue weighted by molar-refractivity contribution is 0.0903. The summed E-state index contributed by atoms with van der Waals surface area (Å²) in [7, 11) is -7.90. The lowest BCUT2D eigenvalue weighted by Crippen LogP contribution is -2.29. The molecular formula is C12H23N3O7P2. The molecule has 0 bridgehead atoms. The van der Waals surface area contributed by atoms with Gasteiger partial charge in [0.05, 0.1) is 26.4 Å². The SMILES string of the molecule is CCOP(=O)(OCC)c1nn(C(C)=O)nc1P(=O)(OCC)OCC. The maximum atomic E-state index is 13.0. The molecule has 1 heterocycles. The number of rotatable bonds is 10. The Balaban J connectivity index is 3.61. The zero-order valence-corrected chi connectivity index (χ0v) is 16.2. The summed E-state index contributed by atoms with van der Waals surface area (Å²) in [5.74, 6) is -0.568. The van der Waals surface area contributed by atoms with E-state index in [0.717, 1.165) is 0 Å². The molecule has 138 valence electrons. The largest absolute Gasteiger partial charge is 0.384 e. The van der Waals surface area contributed by atoms with Crippen LogP contribution in [0.4, 0.5) is 0 Å². The highest BCUT2D eigenvalue weighted by Crippen LogP contribution is 2.51. The fourth-order valence-electron chi connectivity index (χ4n) is 1.79. The molecule has 12 heteroatoms. The average Bonchev–Trinajstić information content (AvgIpc) is 2.95. The third-order valence-electron chi connectivity index (χ3n) is 2.58. The monoisotopic (exact) mass is 383 g/mol. The van der Waals surface area contributed by atoms with Gasteiger partial charge in [-0.25, -0.2) is 0 Å². The van der Waals surface area contributed by atoms with E-state index in [9.17, 15) is 13.9 Å². The molecule has 0 aromatic carbocycles. The van der Waals surface area contributed by atoms with Crippen molar-refractivity contribution >= 4 is 32.0 Å². The van der Waals surface area contributed by atoms with Gasteiger partial charge in [-0.15, -0.1) is 15.0 Å². The minimum atomic E-state index is -3.95. The number of hydrogen-bond donors (Lipinski definition) is 0. The van der Waals surface area contributed by atoms with E-state index in [0.29, 0.717) is 4.80 Å². The summed E-state index contributed by atoms with van der Waals surface area (Å²) in [5.41, 5.74) is -0.682.